The van der Waals surface area contributed by atoms with Gasteiger partial charge in [0, 0.05) is 31.7 Å². The van der Waals surface area contributed by atoms with E-state index in [0.717, 1.165) is 31.6 Å². The van der Waals surface area contributed by atoms with E-state index in [9.17, 15) is 4.79 Å². The summed E-state index contributed by atoms with van der Waals surface area (Å²) in [6, 6.07) is 5.32. The van der Waals surface area contributed by atoms with Gasteiger partial charge in [0.15, 0.2) is 0 Å². The van der Waals surface area contributed by atoms with E-state index in [0.29, 0.717) is 5.92 Å². The van der Waals surface area contributed by atoms with Crippen LogP contribution in [0.15, 0.2) is 41.3 Å². The summed E-state index contributed by atoms with van der Waals surface area (Å²) < 4.78 is 10.3. The van der Waals surface area contributed by atoms with Crippen molar-refractivity contribution >= 4 is 5.91 Å². The maximum Gasteiger partial charge on any atom is 0.290 e. The maximum absolute atomic E-state index is 12.2. The Bertz CT molecular complexity index is 565. The molecule has 1 aliphatic rings. The zero-order valence-electron chi connectivity index (χ0n) is 11.6. The molecule has 3 heterocycles. The zero-order chi connectivity index (χ0) is 14.5. The normalized spacial score (nSPS) is 17.3. The molecule has 0 saturated carbocycles. The summed E-state index contributed by atoms with van der Waals surface area (Å²) in [4.78, 5) is 16.4. The van der Waals surface area contributed by atoms with Crippen molar-refractivity contribution in [2.45, 2.75) is 18.9 Å². The molecule has 1 fully saturated rings. The third kappa shape index (κ3) is 3.28. The Kier molecular flexibility index (Phi) is 4.25. The minimum absolute atomic E-state index is 0.0970. The highest BCUT2D eigenvalue weighted by Crippen LogP contribution is 2.30. The van der Waals surface area contributed by atoms with E-state index in [2.05, 4.69) is 15.5 Å². The van der Waals surface area contributed by atoms with E-state index in [1.54, 1.807) is 18.5 Å². The number of nitrogens with one attached hydrogen (secondary N) is 1. The molecule has 2 aromatic heterocycles. The third-order valence-electron chi connectivity index (χ3n) is 3.73. The first kappa shape index (κ1) is 13.8. The van der Waals surface area contributed by atoms with Crippen LogP contribution in [0.5, 0.6) is 0 Å². The summed E-state index contributed by atoms with van der Waals surface area (Å²) >= 11 is 0. The average Bonchev–Trinajstić information content (AvgIpc) is 3.09. The Morgan fingerprint density at radius 3 is 2.81 bits per heavy atom. The van der Waals surface area contributed by atoms with Crippen LogP contribution in [0.1, 0.15) is 35.0 Å². The molecule has 1 amide bonds. The molecular weight excluding hydrogens is 270 g/mol. The lowest BCUT2D eigenvalue weighted by atomic mass is 9.87. The minimum Gasteiger partial charge on any atom is -0.381 e. The summed E-state index contributed by atoms with van der Waals surface area (Å²) in [5, 5.41) is 6.60. The molecule has 0 spiro atoms. The summed E-state index contributed by atoms with van der Waals surface area (Å²) in [5.74, 6) is 0.290. The predicted molar refractivity (Wildman–Crippen MR) is 74.5 cm³/mol. The quantitative estimate of drug-likeness (QED) is 0.930. The number of ether oxygens (including phenoxy) is 1. The van der Waals surface area contributed by atoms with Crippen LogP contribution in [0.4, 0.5) is 0 Å². The van der Waals surface area contributed by atoms with Crippen LogP contribution in [-0.2, 0) is 4.74 Å². The number of pyridine rings is 1. The first-order chi connectivity index (χ1) is 10.3. The Balaban J connectivity index is 1.80. The average molecular weight is 287 g/mol. The maximum atomic E-state index is 12.2. The van der Waals surface area contributed by atoms with E-state index in [1.165, 1.54) is 6.20 Å². The molecule has 1 N–H and O–H groups in total. The van der Waals surface area contributed by atoms with Crippen molar-refractivity contribution in [2.75, 3.05) is 13.2 Å². The molecule has 1 atom stereocenters. The van der Waals surface area contributed by atoms with Gasteiger partial charge < -0.3 is 14.6 Å². The Morgan fingerprint density at radius 1 is 1.29 bits per heavy atom. The summed E-state index contributed by atoms with van der Waals surface area (Å²) in [5.41, 5.74) is 0.997. The van der Waals surface area contributed by atoms with Crippen molar-refractivity contribution < 1.29 is 14.1 Å². The van der Waals surface area contributed by atoms with Crippen molar-refractivity contribution in [2.24, 2.45) is 5.92 Å². The van der Waals surface area contributed by atoms with Gasteiger partial charge in [-0.1, -0.05) is 11.2 Å². The van der Waals surface area contributed by atoms with Crippen molar-refractivity contribution in [3.63, 3.8) is 0 Å². The van der Waals surface area contributed by atoms with Gasteiger partial charge in [0.1, 0.15) is 0 Å². The van der Waals surface area contributed by atoms with Crippen LogP contribution >= 0.6 is 0 Å². The van der Waals surface area contributed by atoms with Gasteiger partial charge in [0.2, 0.25) is 5.76 Å². The van der Waals surface area contributed by atoms with Gasteiger partial charge in [-0.2, -0.15) is 0 Å². The Hall–Kier alpha value is -2.21. The fourth-order valence-corrected chi connectivity index (χ4v) is 2.63. The lowest BCUT2D eigenvalue weighted by molar-refractivity contribution is 0.0507. The molecule has 6 nitrogen and oxygen atoms in total. The molecule has 0 unspecified atom stereocenters. The molecule has 21 heavy (non-hydrogen) atoms. The SMILES string of the molecule is O=C(N[C@@H](c1cccnc1)C1CCOCC1)c1ccno1. The molecule has 3 rings (SSSR count). The summed E-state index contributed by atoms with van der Waals surface area (Å²) in [7, 11) is 0. The van der Waals surface area contributed by atoms with Gasteiger partial charge in [-0.3, -0.25) is 9.78 Å². The first-order valence-electron chi connectivity index (χ1n) is 7.04. The van der Waals surface area contributed by atoms with E-state index < -0.39 is 0 Å². The molecule has 0 bridgehead atoms. The van der Waals surface area contributed by atoms with Gasteiger partial charge in [-0.15, -0.1) is 0 Å². The molecule has 1 aliphatic heterocycles. The largest absolute Gasteiger partial charge is 0.381 e. The molecule has 0 radical (unpaired) electrons. The number of nitrogens with zero attached hydrogens (tertiary/aromatic N) is 2. The van der Waals surface area contributed by atoms with Gasteiger partial charge in [-0.05, 0) is 30.4 Å². The van der Waals surface area contributed by atoms with Gasteiger partial charge >= 0.3 is 0 Å². The van der Waals surface area contributed by atoms with Crippen molar-refractivity contribution in [1.82, 2.24) is 15.5 Å². The highest BCUT2D eigenvalue weighted by Gasteiger charge is 2.28. The van der Waals surface area contributed by atoms with Gasteiger partial charge in [0.05, 0.1) is 12.2 Å². The van der Waals surface area contributed by atoms with Crippen molar-refractivity contribution in [1.29, 1.82) is 0 Å². The Labute approximate surface area is 122 Å². The highest BCUT2D eigenvalue weighted by atomic mass is 16.5. The lowest BCUT2D eigenvalue weighted by Gasteiger charge is -2.30. The second-order valence-electron chi connectivity index (χ2n) is 5.06. The fraction of sp³-hybridized carbons (Fsp3) is 0.400. The standard InChI is InChI=1S/C15H17N3O3/c19-15(13-3-7-17-21-13)18-14(11-4-8-20-9-5-11)12-2-1-6-16-10-12/h1-3,6-7,10-11,14H,4-5,8-9H2,(H,18,19)/t14-/m1/s1. The van der Waals surface area contributed by atoms with E-state index >= 15 is 0 Å². The van der Waals surface area contributed by atoms with E-state index in [-0.39, 0.29) is 17.7 Å². The molecular formula is C15H17N3O3. The zero-order valence-corrected chi connectivity index (χ0v) is 11.6. The minimum atomic E-state index is -0.257. The third-order valence-corrected chi connectivity index (χ3v) is 3.73. The number of amides is 1. The number of aromatic nitrogens is 2. The Morgan fingerprint density at radius 2 is 2.14 bits per heavy atom. The number of carbonyl (C=O) groups excluding carboxylic acids is 1. The van der Waals surface area contributed by atoms with Crippen LogP contribution in [0.2, 0.25) is 0 Å². The highest BCUT2D eigenvalue weighted by molar-refractivity contribution is 5.91. The molecule has 2 aromatic rings. The number of carbonyl (C=O) groups is 1. The van der Waals surface area contributed by atoms with Crippen LogP contribution in [0.3, 0.4) is 0 Å². The topological polar surface area (TPSA) is 77.2 Å². The second-order valence-corrected chi connectivity index (χ2v) is 5.06. The van der Waals surface area contributed by atoms with Crippen LogP contribution < -0.4 is 5.32 Å². The molecule has 0 aliphatic carbocycles. The van der Waals surface area contributed by atoms with Gasteiger partial charge in [0.25, 0.3) is 5.91 Å². The van der Waals surface area contributed by atoms with Crippen molar-refractivity contribution in [3.05, 3.63) is 48.1 Å². The summed E-state index contributed by atoms with van der Waals surface area (Å²) in [6.45, 7) is 1.44. The monoisotopic (exact) mass is 287 g/mol. The van der Waals surface area contributed by atoms with Crippen LogP contribution in [0, 0.1) is 5.92 Å². The smallest absolute Gasteiger partial charge is 0.290 e. The van der Waals surface area contributed by atoms with Crippen LogP contribution in [-0.4, -0.2) is 29.3 Å². The number of rotatable bonds is 4. The van der Waals surface area contributed by atoms with E-state index in [4.69, 9.17) is 9.26 Å². The predicted octanol–water partition coefficient (Wildman–Crippen LogP) is 1.97. The van der Waals surface area contributed by atoms with Crippen LogP contribution in [0.25, 0.3) is 0 Å². The number of hydrogen-bond acceptors (Lipinski definition) is 5. The molecule has 110 valence electrons. The second kappa shape index (κ2) is 6.49. The molecule has 0 aromatic carbocycles. The van der Waals surface area contributed by atoms with Crippen molar-refractivity contribution in [3.8, 4) is 0 Å². The molecule has 1 saturated heterocycles. The summed E-state index contributed by atoms with van der Waals surface area (Å²) in [6.07, 6.45) is 6.80. The number of hydrogen-bond donors (Lipinski definition) is 1. The lowest BCUT2D eigenvalue weighted by Crippen LogP contribution is -2.36. The fourth-order valence-electron chi connectivity index (χ4n) is 2.63. The van der Waals surface area contributed by atoms with E-state index in [1.807, 2.05) is 12.1 Å². The van der Waals surface area contributed by atoms with Gasteiger partial charge in [-0.25, -0.2) is 0 Å². The molecule has 6 heteroatoms. The first-order valence-corrected chi connectivity index (χ1v) is 7.04.